The van der Waals surface area contributed by atoms with Crippen molar-refractivity contribution in [2.75, 3.05) is 0 Å². The van der Waals surface area contributed by atoms with Crippen LogP contribution >= 0.6 is 0 Å². The average molecular weight is 394 g/mol. The third-order valence-corrected chi connectivity index (χ3v) is 3.19. The van der Waals surface area contributed by atoms with Gasteiger partial charge in [-0.2, -0.15) is 43.9 Å². The van der Waals surface area contributed by atoms with Gasteiger partial charge in [0.05, 0.1) is 6.42 Å². The average Bonchev–Trinajstić information content (AvgIpc) is 2.22. The van der Waals surface area contributed by atoms with Crippen LogP contribution in [0.3, 0.4) is 0 Å². The van der Waals surface area contributed by atoms with Gasteiger partial charge in [-0.25, -0.2) is 17.6 Å². The highest BCUT2D eigenvalue weighted by molar-refractivity contribution is 5.09. The van der Waals surface area contributed by atoms with E-state index in [9.17, 15) is 61.5 Å². The Morgan fingerprint density at radius 3 is 1.08 bits per heavy atom. The van der Waals surface area contributed by atoms with E-state index in [-0.39, 0.29) is 0 Å². The molecule has 0 aromatic carbocycles. The van der Waals surface area contributed by atoms with Crippen LogP contribution in [0, 0.1) is 0 Å². The number of alkyl halides is 14. The van der Waals surface area contributed by atoms with Crippen molar-refractivity contribution in [2.24, 2.45) is 0 Å². The van der Waals surface area contributed by atoms with E-state index >= 15 is 0 Å². The maximum atomic E-state index is 13.4. The molecule has 0 nitrogen and oxygen atoms in total. The number of hydrogen-bond donors (Lipinski definition) is 0. The zero-order valence-corrected chi connectivity index (χ0v) is 11.5. The summed E-state index contributed by atoms with van der Waals surface area (Å²) in [6.07, 6.45) is -17.7. The Morgan fingerprint density at radius 1 is 0.542 bits per heavy atom. The highest BCUT2D eigenvalue weighted by Crippen LogP contribution is 2.58. The summed E-state index contributed by atoms with van der Waals surface area (Å²) < 4.78 is 178. The molecule has 24 heavy (non-hydrogen) atoms. The molecule has 0 aliphatic heterocycles. The van der Waals surface area contributed by atoms with E-state index in [1.54, 1.807) is 0 Å². The minimum atomic E-state index is -6.98. The van der Waals surface area contributed by atoms with E-state index in [1.165, 1.54) is 0 Å². The molecule has 0 bridgehead atoms. The van der Waals surface area contributed by atoms with Crippen molar-refractivity contribution in [2.45, 2.75) is 61.7 Å². The van der Waals surface area contributed by atoms with Crippen LogP contribution in [-0.2, 0) is 0 Å². The minimum Gasteiger partial charge on any atom is -0.227 e. The fourth-order valence-electron chi connectivity index (χ4n) is 1.44. The van der Waals surface area contributed by atoms with Gasteiger partial charge in [0, 0.05) is 6.92 Å². The monoisotopic (exact) mass is 394 g/mol. The largest absolute Gasteiger partial charge is 0.428 e. The second kappa shape index (κ2) is 5.51. The lowest BCUT2D eigenvalue weighted by atomic mass is 9.83. The fourth-order valence-corrected chi connectivity index (χ4v) is 1.44. The van der Waals surface area contributed by atoms with Gasteiger partial charge < -0.3 is 0 Å². The predicted octanol–water partition coefficient (Wildman–Crippen LogP) is 5.86. The Balaban J connectivity index is 6.17. The SMILES string of the molecule is CC(F)(F)C(F)(CC(F)(F)C(F)(F)C(C)(F)C(F)(F)F)C(F)(F)F. The van der Waals surface area contributed by atoms with E-state index in [2.05, 4.69) is 0 Å². The molecular formula is C10H8F14. The lowest BCUT2D eigenvalue weighted by molar-refractivity contribution is -0.371. The highest BCUT2D eigenvalue weighted by Gasteiger charge is 2.81. The van der Waals surface area contributed by atoms with Gasteiger partial charge in [0.15, 0.2) is 0 Å². The molecule has 14 heteroatoms. The van der Waals surface area contributed by atoms with Gasteiger partial charge >= 0.3 is 24.2 Å². The van der Waals surface area contributed by atoms with Crippen molar-refractivity contribution < 1.29 is 61.5 Å². The fraction of sp³-hybridized carbons (Fsp3) is 1.00. The van der Waals surface area contributed by atoms with Gasteiger partial charge in [-0.1, -0.05) is 0 Å². The van der Waals surface area contributed by atoms with Gasteiger partial charge in [-0.15, -0.1) is 0 Å². The molecule has 0 heterocycles. The Labute approximate surface area is 124 Å². The second-order valence-corrected chi connectivity index (χ2v) is 5.14. The number of hydrogen-bond acceptors (Lipinski definition) is 0. The van der Waals surface area contributed by atoms with Crippen molar-refractivity contribution in [3.05, 3.63) is 0 Å². The molecule has 0 saturated carbocycles. The molecule has 0 fully saturated rings. The zero-order chi connectivity index (χ0) is 20.2. The maximum Gasteiger partial charge on any atom is 0.428 e. The van der Waals surface area contributed by atoms with Crippen molar-refractivity contribution in [1.29, 1.82) is 0 Å². The molecular weight excluding hydrogens is 386 g/mol. The minimum absolute atomic E-state index is 0.896. The van der Waals surface area contributed by atoms with Gasteiger partial charge in [-0.3, -0.25) is 0 Å². The molecule has 0 aromatic rings. The van der Waals surface area contributed by atoms with Crippen molar-refractivity contribution in [3.63, 3.8) is 0 Å². The summed E-state index contributed by atoms with van der Waals surface area (Å²) in [6, 6.07) is 0. The first-order valence-electron chi connectivity index (χ1n) is 5.60. The van der Waals surface area contributed by atoms with Crippen molar-refractivity contribution in [1.82, 2.24) is 0 Å². The molecule has 0 aliphatic carbocycles. The molecule has 2 unspecified atom stereocenters. The quantitative estimate of drug-likeness (QED) is 0.513. The Hall–Kier alpha value is -0.980. The third-order valence-electron chi connectivity index (χ3n) is 3.19. The van der Waals surface area contributed by atoms with Crippen LogP contribution in [0.2, 0.25) is 0 Å². The molecule has 0 aromatic heterocycles. The summed E-state index contributed by atoms with van der Waals surface area (Å²) in [7, 11) is 0. The second-order valence-electron chi connectivity index (χ2n) is 5.14. The van der Waals surface area contributed by atoms with E-state index in [1.807, 2.05) is 0 Å². The van der Waals surface area contributed by atoms with Gasteiger partial charge in [0.1, 0.15) is 0 Å². The first-order valence-corrected chi connectivity index (χ1v) is 5.60. The maximum absolute atomic E-state index is 13.4. The molecule has 0 spiro atoms. The normalized spacial score (nSPS) is 20.5. The van der Waals surface area contributed by atoms with Gasteiger partial charge in [-0.05, 0) is 6.92 Å². The van der Waals surface area contributed by atoms with Crippen LogP contribution in [0.25, 0.3) is 0 Å². The first-order chi connectivity index (χ1) is 9.96. The molecule has 0 saturated heterocycles. The molecule has 146 valence electrons. The molecule has 0 amide bonds. The summed E-state index contributed by atoms with van der Waals surface area (Å²) in [5, 5.41) is 0. The smallest absolute Gasteiger partial charge is 0.227 e. The third kappa shape index (κ3) is 3.37. The van der Waals surface area contributed by atoms with Crippen LogP contribution in [-0.4, -0.2) is 41.5 Å². The zero-order valence-electron chi connectivity index (χ0n) is 11.5. The topological polar surface area (TPSA) is 0 Å². The lowest BCUT2D eigenvalue weighted by Crippen LogP contribution is -2.66. The van der Waals surface area contributed by atoms with E-state index < -0.39 is 61.7 Å². The molecule has 0 rings (SSSR count). The summed E-state index contributed by atoms with van der Waals surface area (Å²) in [6.45, 7) is -2.04. The standard InChI is InChI=1S/C10H8F14/c1-4(11,9(19,20)21)8(17,18)7(15,16)3-6(14,5(2,12)13)10(22,23)24/h3H2,1-2H3. The Morgan fingerprint density at radius 2 is 0.875 bits per heavy atom. The van der Waals surface area contributed by atoms with Crippen LogP contribution in [0.4, 0.5) is 61.5 Å². The van der Waals surface area contributed by atoms with Gasteiger partial charge in [0.25, 0.3) is 17.3 Å². The van der Waals surface area contributed by atoms with Crippen LogP contribution in [0.15, 0.2) is 0 Å². The lowest BCUT2D eigenvalue weighted by Gasteiger charge is -2.41. The Kier molecular flexibility index (Phi) is 5.29. The molecule has 2 atom stereocenters. The summed E-state index contributed by atoms with van der Waals surface area (Å²) in [4.78, 5) is 0. The summed E-state index contributed by atoms with van der Waals surface area (Å²) in [5.41, 5.74) is -12.5. The Bertz CT molecular complexity index is 434. The molecule has 0 aliphatic rings. The number of halogens is 14. The highest BCUT2D eigenvalue weighted by atomic mass is 19.4. The number of rotatable bonds is 5. The van der Waals surface area contributed by atoms with Crippen LogP contribution in [0.1, 0.15) is 20.3 Å². The summed E-state index contributed by atoms with van der Waals surface area (Å²) in [5.74, 6) is -19.5. The van der Waals surface area contributed by atoms with Crippen molar-refractivity contribution in [3.8, 4) is 0 Å². The van der Waals surface area contributed by atoms with Crippen molar-refractivity contribution >= 4 is 0 Å². The van der Waals surface area contributed by atoms with Crippen LogP contribution < -0.4 is 0 Å². The predicted molar refractivity (Wildman–Crippen MR) is 50.6 cm³/mol. The van der Waals surface area contributed by atoms with E-state index in [0.717, 1.165) is 0 Å². The summed E-state index contributed by atoms with van der Waals surface area (Å²) >= 11 is 0. The molecule has 0 radical (unpaired) electrons. The van der Waals surface area contributed by atoms with Gasteiger partial charge in [0.2, 0.25) is 0 Å². The van der Waals surface area contributed by atoms with Crippen LogP contribution in [0.5, 0.6) is 0 Å². The van der Waals surface area contributed by atoms with E-state index in [4.69, 9.17) is 0 Å². The first kappa shape index (κ1) is 23.0. The molecule has 0 N–H and O–H groups in total. The van der Waals surface area contributed by atoms with E-state index in [0.29, 0.717) is 0 Å².